The molecule has 0 amide bonds. The van der Waals surface area contributed by atoms with E-state index in [0.29, 0.717) is 17.6 Å². The summed E-state index contributed by atoms with van der Waals surface area (Å²) in [5.74, 6) is 3.10. The van der Waals surface area contributed by atoms with Gasteiger partial charge >= 0.3 is 0 Å². The molecule has 0 spiro atoms. The van der Waals surface area contributed by atoms with E-state index in [-0.39, 0.29) is 6.10 Å². The van der Waals surface area contributed by atoms with Gasteiger partial charge in [0, 0.05) is 11.5 Å². The SMILES string of the molecule is COc1ccc([C@H]2Oc3ccc(O)cc3[C@H]3CCC[C@H]32)c(C)c1. The van der Waals surface area contributed by atoms with Gasteiger partial charge in [-0.3, -0.25) is 0 Å². The summed E-state index contributed by atoms with van der Waals surface area (Å²) in [6.07, 6.45) is 3.66. The van der Waals surface area contributed by atoms with Crippen molar-refractivity contribution in [3.05, 3.63) is 53.1 Å². The van der Waals surface area contributed by atoms with Crippen molar-refractivity contribution in [1.29, 1.82) is 0 Å². The maximum absolute atomic E-state index is 9.82. The number of ether oxygens (including phenoxy) is 2. The summed E-state index contributed by atoms with van der Waals surface area (Å²) in [4.78, 5) is 0. The normalized spacial score (nSPS) is 25.4. The standard InChI is InChI=1S/C20H22O3/c1-12-10-14(22-2)7-8-15(12)20-17-5-3-4-16(17)18-11-13(21)6-9-19(18)23-20/h6-11,16-17,20-21H,3-5H2,1-2H3/t16-,17+,20+/m0/s1. The summed E-state index contributed by atoms with van der Waals surface area (Å²) in [5, 5.41) is 9.82. The smallest absolute Gasteiger partial charge is 0.127 e. The Hall–Kier alpha value is -2.16. The number of hydrogen-bond acceptors (Lipinski definition) is 3. The highest BCUT2D eigenvalue weighted by atomic mass is 16.5. The molecule has 4 rings (SSSR count). The molecule has 3 heteroatoms. The van der Waals surface area contributed by atoms with Gasteiger partial charge in [-0.15, -0.1) is 0 Å². The van der Waals surface area contributed by atoms with E-state index >= 15 is 0 Å². The lowest BCUT2D eigenvalue weighted by atomic mass is 9.79. The molecule has 2 aliphatic rings. The number of hydrogen-bond donors (Lipinski definition) is 1. The fourth-order valence-corrected chi connectivity index (χ4v) is 4.28. The fraction of sp³-hybridized carbons (Fsp3) is 0.400. The number of aromatic hydroxyl groups is 1. The Morgan fingerprint density at radius 2 is 1.96 bits per heavy atom. The Bertz CT molecular complexity index is 738. The molecule has 1 heterocycles. The molecule has 23 heavy (non-hydrogen) atoms. The average molecular weight is 310 g/mol. The molecule has 1 saturated carbocycles. The van der Waals surface area contributed by atoms with E-state index in [2.05, 4.69) is 19.1 Å². The third kappa shape index (κ3) is 2.35. The number of fused-ring (bicyclic) bond motifs is 3. The molecule has 0 unspecified atom stereocenters. The van der Waals surface area contributed by atoms with Crippen LogP contribution in [0.15, 0.2) is 36.4 Å². The predicted molar refractivity (Wildman–Crippen MR) is 89.3 cm³/mol. The number of methoxy groups -OCH3 is 1. The van der Waals surface area contributed by atoms with Crippen LogP contribution in [0.4, 0.5) is 0 Å². The van der Waals surface area contributed by atoms with Gasteiger partial charge in [0.2, 0.25) is 0 Å². The lowest BCUT2D eigenvalue weighted by Gasteiger charge is -2.37. The Morgan fingerprint density at radius 3 is 2.74 bits per heavy atom. The van der Waals surface area contributed by atoms with Gasteiger partial charge in [0.1, 0.15) is 23.4 Å². The average Bonchev–Trinajstić information content (AvgIpc) is 3.04. The first-order valence-corrected chi connectivity index (χ1v) is 8.31. The summed E-state index contributed by atoms with van der Waals surface area (Å²) in [7, 11) is 1.70. The van der Waals surface area contributed by atoms with E-state index in [4.69, 9.17) is 9.47 Å². The third-order valence-corrected chi connectivity index (χ3v) is 5.39. The summed E-state index contributed by atoms with van der Waals surface area (Å²) in [6, 6.07) is 11.7. The van der Waals surface area contributed by atoms with Gasteiger partial charge in [-0.05, 0) is 67.1 Å². The summed E-state index contributed by atoms with van der Waals surface area (Å²) in [5.41, 5.74) is 3.64. The van der Waals surface area contributed by atoms with Crippen LogP contribution < -0.4 is 9.47 Å². The van der Waals surface area contributed by atoms with Crippen molar-refractivity contribution in [2.75, 3.05) is 7.11 Å². The maximum Gasteiger partial charge on any atom is 0.127 e. The predicted octanol–water partition coefficient (Wildman–Crippen LogP) is 4.73. The molecular formula is C20H22O3. The van der Waals surface area contributed by atoms with E-state index < -0.39 is 0 Å². The van der Waals surface area contributed by atoms with Crippen molar-refractivity contribution in [3.63, 3.8) is 0 Å². The molecular weight excluding hydrogens is 288 g/mol. The van der Waals surface area contributed by atoms with Gasteiger partial charge < -0.3 is 14.6 Å². The summed E-state index contributed by atoms with van der Waals surface area (Å²) in [6.45, 7) is 2.12. The molecule has 0 aromatic heterocycles. The van der Waals surface area contributed by atoms with Crippen LogP contribution in [0.2, 0.25) is 0 Å². The van der Waals surface area contributed by atoms with Crippen LogP contribution in [-0.4, -0.2) is 12.2 Å². The molecule has 0 radical (unpaired) electrons. The minimum absolute atomic E-state index is 0.0884. The topological polar surface area (TPSA) is 38.7 Å². The Kier molecular flexibility index (Phi) is 3.44. The molecule has 1 aliphatic carbocycles. The van der Waals surface area contributed by atoms with Crippen LogP contribution >= 0.6 is 0 Å². The number of aryl methyl sites for hydroxylation is 1. The van der Waals surface area contributed by atoms with Crippen LogP contribution in [0.3, 0.4) is 0 Å². The second-order valence-electron chi connectivity index (χ2n) is 6.68. The van der Waals surface area contributed by atoms with Gasteiger partial charge in [-0.25, -0.2) is 0 Å². The molecule has 1 fully saturated rings. The van der Waals surface area contributed by atoms with Crippen LogP contribution in [0, 0.1) is 12.8 Å². The minimum Gasteiger partial charge on any atom is -0.508 e. The quantitative estimate of drug-likeness (QED) is 0.871. The lowest BCUT2D eigenvalue weighted by molar-refractivity contribution is 0.103. The first kappa shape index (κ1) is 14.4. The van der Waals surface area contributed by atoms with Crippen LogP contribution in [0.25, 0.3) is 0 Å². The summed E-state index contributed by atoms with van der Waals surface area (Å²) >= 11 is 0. The molecule has 1 aliphatic heterocycles. The van der Waals surface area contributed by atoms with E-state index in [1.807, 2.05) is 18.2 Å². The van der Waals surface area contributed by atoms with Crippen molar-refractivity contribution in [2.45, 2.75) is 38.2 Å². The largest absolute Gasteiger partial charge is 0.508 e. The molecule has 2 aromatic rings. The van der Waals surface area contributed by atoms with Crippen LogP contribution in [0.1, 0.15) is 48.0 Å². The van der Waals surface area contributed by atoms with Gasteiger partial charge in [0.25, 0.3) is 0 Å². The second-order valence-corrected chi connectivity index (χ2v) is 6.68. The zero-order chi connectivity index (χ0) is 16.0. The molecule has 2 aromatic carbocycles. The molecule has 3 nitrogen and oxygen atoms in total. The number of rotatable bonds is 2. The van der Waals surface area contributed by atoms with Crippen LogP contribution in [0.5, 0.6) is 17.2 Å². The Labute approximate surface area is 136 Å². The van der Waals surface area contributed by atoms with Crippen molar-refractivity contribution in [1.82, 2.24) is 0 Å². The molecule has 0 bridgehead atoms. The summed E-state index contributed by atoms with van der Waals surface area (Å²) < 4.78 is 11.7. The Morgan fingerprint density at radius 1 is 1.09 bits per heavy atom. The highest BCUT2D eigenvalue weighted by Crippen LogP contribution is 2.54. The van der Waals surface area contributed by atoms with Crippen molar-refractivity contribution < 1.29 is 14.6 Å². The zero-order valence-corrected chi connectivity index (χ0v) is 13.6. The number of benzene rings is 2. The zero-order valence-electron chi connectivity index (χ0n) is 13.6. The molecule has 1 N–H and O–H groups in total. The highest BCUT2D eigenvalue weighted by Gasteiger charge is 2.42. The second kappa shape index (κ2) is 5.48. The molecule has 0 saturated heterocycles. The van der Waals surface area contributed by atoms with Crippen molar-refractivity contribution in [3.8, 4) is 17.2 Å². The number of phenols is 1. The van der Waals surface area contributed by atoms with Crippen molar-refractivity contribution in [2.24, 2.45) is 5.92 Å². The van der Waals surface area contributed by atoms with Gasteiger partial charge in [-0.2, -0.15) is 0 Å². The van der Waals surface area contributed by atoms with E-state index in [0.717, 1.165) is 11.5 Å². The van der Waals surface area contributed by atoms with Gasteiger partial charge in [0.15, 0.2) is 0 Å². The first-order valence-electron chi connectivity index (χ1n) is 8.31. The Balaban J connectivity index is 1.77. The highest BCUT2D eigenvalue weighted by molar-refractivity contribution is 5.46. The van der Waals surface area contributed by atoms with Gasteiger partial charge in [0.05, 0.1) is 7.11 Å². The minimum atomic E-state index is 0.0884. The van der Waals surface area contributed by atoms with E-state index in [9.17, 15) is 5.11 Å². The maximum atomic E-state index is 9.82. The van der Waals surface area contributed by atoms with Crippen molar-refractivity contribution >= 4 is 0 Å². The monoisotopic (exact) mass is 310 g/mol. The molecule has 120 valence electrons. The fourth-order valence-electron chi connectivity index (χ4n) is 4.28. The van der Waals surface area contributed by atoms with E-state index in [1.54, 1.807) is 13.2 Å². The number of phenolic OH excluding ortho intramolecular Hbond substituents is 1. The van der Waals surface area contributed by atoms with E-state index in [1.165, 1.54) is 36.0 Å². The van der Waals surface area contributed by atoms with Gasteiger partial charge in [-0.1, -0.05) is 12.5 Å². The molecule has 3 atom stereocenters. The third-order valence-electron chi connectivity index (χ3n) is 5.39. The first-order chi connectivity index (χ1) is 11.2. The lowest BCUT2D eigenvalue weighted by Crippen LogP contribution is -2.27. The van der Waals surface area contributed by atoms with Crippen LogP contribution in [-0.2, 0) is 0 Å².